The monoisotopic (exact) mass is 244 g/mol. The van der Waals surface area contributed by atoms with E-state index < -0.39 is 6.23 Å². The first kappa shape index (κ1) is 14.4. The maximum absolute atomic E-state index is 11.9. The molecule has 6 nitrogen and oxygen atoms in total. The highest BCUT2D eigenvalue weighted by atomic mass is 16.3. The van der Waals surface area contributed by atoms with Gasteiger partial charge in [0.25, 0.3) is 0 Å². The van der Waals surface area contributed by atoms with Gasteiger partial charge in [0.05, 0.1) is 6.04 Å². The molecule has 17 heavy (non-hydrogen) atoms. The Morgan fingerprint density at radius 2 is 2.35 bits per heavy atom. The van der Waals surface area contributed by atoms with E-state index in [1.54, 1.807) is 0 Å². The fourth-order valence-corrected chi connectivity index (χ4v) is 2.45. The van der Waals surface area contributed by atoms with Crippen LogP contribution in [0.1, 0.15) is 26.2 Å². The smallest absolute Gasteiger partial charge is 0.237 e. The van der Waals surface area contributed by atoms with Crippen LogP contribution in [0.2, 0.25) is 0 Å². The zero-order valence-electron chi connectivity index (χ0n) is 10.4. The predicted molar refractivity (Wildman–Crippen MR) is 66.1 cm³/mol. The second-order valence-electron chi connectivity index (χ2n) is 4.44. The number of aliphatic hydroxyl groups excluding tert-OH is 1. The van der Waals surface area contributed by atoms with Crippen LogP contribution in [0.25, 0.3) is 0 Å². The Morgan fingerprint density at radius 1 is 1.65 bits per heavy atom. The summed E-state index contributed by atoms with van der Waals surface area (Å²) >= 11 is 0. The number of nitrogens with zero attached hydrogens (tertiary/aromatic N) is 1. The topological polar surface area (TPSA) is 105 Å². The van der Waals surface area contributed by atoms with E-state index in [4.69, 9.17) is 11.5 Å². The molecule has 100 valence electrons. The van der Waals surface area contributed by atoms with Crippen molar-refractivity contribution in [3.05, 3.63) is 0 Å². The Morgan fingerprint density at radius 3 is 2.88 bits per heavy atom. The summed E-state index contributed by atoms with van der Waals surface area (Å²) in [6, 6.07) is -0.323. The van der Waals surface area contributed by atoms with E-state index in [1.807, 2.05) is 11.8 Å². The van der Waals surface area contributed by atoms with Crippen molar-refractivity contribution in [3.8, 4) is 0 Å². The summed E-state index contributed by atoms with van der Waals surface area (Å²) in [5.74, 6) is -0.00736. The molecule has 0 aliphatic carbocycles. The van der Waals surface area contributed by atoms with Crippen LogP contribution in [0.3, 0.4) is 0 Å². The van der Waals surface area contributed by atoms with Crippen molar-refractivity contribution in [2.45, 2.75) is 44.5 Å². The van der Waals surface area contributed by atoms with Gasteiger partial charge in [0.15, 0.2) is 0 Å². The van der Waals surface area contributed by atoms with Crippen LogP contribution in [0.4, 0.5) is 0 Å². The van der Waals surface area contributed by atoms with Crippen molar-refractivity contribution in [1.29, 1.82) is 0 Å². The number of carbonyl (C=O) groups is 1. The van der Waals surface area contributed by atoms with E-state index >= 15 is 0 Å². The van der Waals surface area contributed by atoms with E-state index in [-0.39, 0.29) is 18.0 Å². The fraction of sp³-hybridized carbons (Fsp3) is 0.909. The number of nitrogens with one attached hydrogen (secondary N) is 1. The lowest BCUT2D eigenvalue weighted by molar-refractivity contribution is -0.127. The highest BCUT2D eigenvalue weighted by Gasteiger charge is 2.36. The molecule has 1 heterocycles. The Balaban J connectivity index is 2.61. The molecule has 6 N–H and O–H groups in total. The van der Waals surface area contributed by atoms with Gasteiger partial charge in [0.1, 0.15) is 6.23 Å². The number of rotatable bonds is 6. The molecule has 1 fully saturated rings. The van der Waals surface area contributed by atoms with Crippen LogP contribution in [0, 0.1) is 0 Å². The minimum absolute atomic E-state index is 0.00736. The summed E-state index contributed by atoms with van der Waals surface area (Å²) < 4.78 is 0. The van der Waals surface area contributed by atoms with Crippen molar-refractivity contribution in [3.63, 3.8) is 0 Å². The highest BCUT2D eigenvalue weighted by Crippen LogP contribution is 2.22. The van der Waals surface area contributed by atoms with Crippen LogP contribution in [0.5, 0.6) is 0 Å². The van der Waals surface area contributed by atoms with E-state index in [1.165, 1.54) is 0 Å². The van der Waals surface area contributed by atoms with E-state index in [0.29, 0.717) is 13.1 Å². The summed E-state index contributed by atoms with van der Waals surface area (Å²) in [5, 5.41) is 12.3. The summed E-state index contributed by atoms with van der Waals surface area (Å²) in [5.41, 5.74) is 10.9. The van der Waals surface area contributed by atoms with Crippen molar-refractivity contribution in [2.24, 2.45) is 11.5 Å². The van der Waals surface area contributed by atoms with Crippen LogP contribution >= 0.6 is 0 Å². The SMILES string of the molecule is CCC(C(N)O)N1CCCC1C(=O)NCCN. The molecule has 6 heteroatoms. The normalized spacial score (nSPS) is 24.6. The third kappa shape index (κ3) is 3.64. The van der Waals surface area contributed by atoms with Gasteiger partial charge in [0.2, 0.25) is 5.91 Å². The van der Waals surface area contributed by atoms with E-state index in [9.17, 15) is 9.90 Å². The van der Waals surface area contributed by atoms with Crippen LogP contribution in [-0.4, -0.2) is 53.9 Å². The molecule has 0 radical (unpaired) electrons. The third-order valence-corrected chi connectivity index (χ3v) is 3.28. The molecule has 1 amide bonds. The van der Waals surface area contributed by atoms with Gasteiger partial charge in [0, 0.05) is 19.1 Å². The Kier molecular flexibility index (Phi) is 5.84. The Labute approximate surface area is 102 Å². The lowest BCUT2D eigenvalue weighted by Gasteiger charge is -2.33. The molecular weight excluding hydrogens is 220 g/mol. The van der Waals surface area contributed by atoms with Gasteiger partial charge in [-0.15, -0.1) is 0 Å². The molecular formula is C11H24N4O2. The van der Waals surface area contributed by atoms with Crippen LogP contribution < -0.4 is 16.8 Å². The second kappa shape index (κ2) is 6.90. The van der Waals surface area contributed by atoms with Crippen molar-refractivity contribution in [1.82, 2.24) is 10.2 Å². The van der Waals surface area contributed by atoms with Crippen LogP contribution in [0.15, 0.2) is 0 Å². The minimum atomic E-state index is -0.900. The Hall–Kier alpha value is -0.690. The van der Waals surface area contributed by atoms with Gasteiger partial charge in [-0.25, -0.2) is 0 Å². The van der Waals surface area contributed by atoms with Gasteiger partial charge >= 0.3 is 0 Å². The van der Waals surface area contributed by atoms with Crippen molar-refractivity contribution < 1.29 is 9.90 Å². The van der Waals surface area contributed by atoms with Crippen LogP contribution in [-0.2, 0) is 4.79 Å². The molecule has 0 bridgehead atoms. The van der Waals surface area contributed by atoms with Gasteiger partial charge in [-0.2, -0.15) is 0 Å². The number of carbonyl (C=O) groups excluding carboxylic acids is 1. The molecule has 0 spiro atoms. The molecule has 0 saturated carbocycles. The predicted octanol–water partition coefficient (Wildman–Crippen LogP) is -1.42. The van der Waals surface area contributed by atoms with E-state index in [0.717, 1.165) is 25.8 Å². The zero-order valence-corrected chi connectivity index (χ0v) is 10.4. The molecule has 0 aromatic heterocycles. The fourth-order valence-electron chi connectivity index (χ4n) is 2.45. The lowest BCUT2D eigenvalue weighted by Crippen LogP contribution is -2.54. The molecule has 3 atom stereocenters. The summed E-state index contributed by atoms with van der Waals surface area (Å²) in [4.78, 5) is 13.9. The van der Waals surface area contributed by atoms with E-state index in [2.05, 4.69) is 5.32 Å². The first-order valence-corrected chi connectivity index (χ1v) is 6.29. The first-order valence-electron chi connectivity index (χ1n) is 6.29. The highest BCUT2D eigenvalue weighted by molar-refractivity contribution is 5.82. The average Bonchev–Trinajstić information content (AvgIpc) is 2.75. The molecule has 1 rings (SSSR count). The van der Waals surface area contributed by atoms with Crippen molar-refractivity contribution >= 4 is 5.91 Å². The number of nitrogens with two attached hydrogens (primary N) is 2. The summed E-state index contributed by atoms with van der Waals surface area (Å²) in [6.07, 6.45) is 1.62. The molecule has 0 aromatic carbocycles. The molecule has 0 aromatic rings. The third-order valence-electron chi connectivity index (χ3n) is 3.28. The molecule has 1 aliphatic heterocycles. The Bertz CT molecular complexity index is 248. The summed E-state index contributed by atoms with van der Waals surface area (Å²) in [7, 11) is 0. The number of hydrogen-bond acceptors (Lipinski definition) is 5. The second-order valence-corrected chi connectivity index (χ2v) is 4.44. The average molecular weight is 244 g/mol. The number of hydrogen-bond donors (Lipinski definition) is 4. The largest absolute Gasteiger partial charge is 0.377 e. The molecule has 1 saturated heterocycles. The standard InChI is InChI=1S/C11H24N4O2/c1-2-8(10(13)16)15-7-3-4-9(15)11(17)14-6-5-12/h8-10,16H,2-7,12-13H2,1H3,(H,14,17). The van der Waals surface area contributed by atoms with Gasteiger partial charge in [-0.3, -0.25) is 9.69 Å². The summed E-state index contributed by atoms with van der Waals surface area (Å²) in [6.45, 7) is 3.71. The molecule has 1 aliphatic rings. The van der Waals surface area contributed by atoms with Gasteiger partial charge < -0.3 is 21.9 Å². The maximum Gasteiger partial charge on any atom is 0.237 e. The maximum atomic E-state index is 11.9. The lowest BCUT2D eigenvalue weighted by atomic mass is 10.1. The number of aliphatic hydroxyl groups is 1. The van der Waals surface area contributed by atoms with Crippen molar-refractivity contribution in [2.75, 3.05) is 19.6 Å². The minimum Gasteiger partial charge on any atom is -0.377 e. The number of amides is 1. The quantitative estimate of drug-likeness (QED) is 0.429. The number of likely N-dealkylation sites (tertiary alicyclic amines) is 1. The molecule has 3 unspecified atom stereocenters. The van der Waals surface area contributed by atoms with Gasteiger partial charge in [-0.05, 0) is 25.8 Å². The first-order chi connectivity index (χ1) is 8.11. The zero-order chi connectivity index (χ0) is 12.8. The van der Waals surface area contributed by atoms with Gasteiger partial charge in [-0.1, -0.05) is 6.92 Å².